The second-order valence-electron chi connectivity index (χ2n) is 5.61. The minimum absolute atomic E-state index is 0.131. The van der Waals surface area contributed by atoms with Gasteiger partial charge in [0.05, 0.1) is 0 Å². The minimum atomic E-state index is 0.131. The van der Waals surface area contributed by atoms with E-state index < -0.39 is 0 Å². The van der Waals surface area contributed by atoms with E-state index in [9.17, 15) is 5.11 Å². The van der Waals surface area contributed by atoms with E-state index in [1.54, 1.807) is 0 Å². The third kappa shape index (κ3) is 2.50. The summed E-state index contributed by atoms with van der Waals surface area (Å²) >= 11 is 3.50. The van der Waals surface area contributed by atoms with Gasteiger partial charge in [-0.05, 0) is 51.0 Å². The first kappa shape index (κ1) is 12.9. The van der Waals surface area contributed by atoms with Gasteiger partial charge in [0.15, 0.2) is 0 Å². The van der Waals surface area contributed by atoms with Gasteiger partial charge in [-0.15, -0.1) is 0 Å². The van der Waals surface area contributed by atoms with Crippen molar-refractivity contribution in [2.45, 2.75) is 32.7 Å². The minimum Gasteiger partial charge on any atom is -0.396 e. The maximum atomic E-state index is 9.34. The molecule has 1 aliphatic heterocycles. The summed E-state index contributed by atoms with van der Waals surface area (Å²) in [4.78, 5) is 2.43. The van der Waals surface area contributed by atoms with Crippen LogP contribution >= 0.6 is 15.9 Å². The quantitative estimate of drug-likeness (QED) is 0.905. The highest BCUT2D eigenvalue weighted by Crippen LogP contribution is 2.38. The van der Waals surface area contributed by atoms with Gasteiger partial charge in [0, 0.05) is 34.8 Å². The van der Waals surface area contributed by atoms with Crippen LogP contribution in [0, 0.1) is 12.8 Å². The molecule has 1 fully saturated rings. The predicted octanol–water partition coefficient (Wildman–Crippen LogP) is 3.35. The van der Waals surface area contributed by atoms with Gasteiger partial charge in [-0.1, -0.05) is 15.9 Å². The molecule has 1 heterocycles. The fraction of sp³-hybridized carbons (Fsp3) is 0.571. The Morgan fingerprint density at radius 1 is 1.47 bits per heavy atom. The fourth-order valence-corrected chi connectivity index (χ4v) is 3.33. The van der Waals surface area contributed by atoms with Crippen molar-refractivity contribution in [1.29, 1.82) is 0 Å². The maximum Gasteiger partial charge on any atom is 0.0477 e. The van der Waals surface area contributed by atoms with E-state index in [0.29, 0.717) is 5.92 Å². The van der Waals surface area contributed by atoms with Crippen molar-refractivity contribution in [2.75, 3.05) is 18.1 Å². The Balaban J connectivity index is 2.33. The monoisotopic (exact) mass is 297 g/mol. The number of hydrogen-bond acceptors (Lipinski definition) is 2. The first-order valence-corrected chi connectivity index (χ1v) is 6.88. The van der Waals surface area contributed by atoms with Crippen LogP contribution in [0.3, 0.4) is 0 Å². The van der Waals surface area contributed by atoms with Gasteiger partial charge in [0.25, 0.3) is 0 Å². The average Bonchev–Trinajstić information content (AvgIpc) is 2.54. The molecular formula is C14H20BrNO. The number of aliphatic hydroxyl groups excluding tert-OH is 1. The maximum absolute atomic E-state index is 9.34. The summed E-state index contributed by atoms with van der Waals surface area (Å²) in [5, 5.41) is 9.34. The van der Waals surface area contributed by atoms with Gasteiger partial charge < -0.3 is 10.0 Å². The largest absolute Gasteiger partial charge is 0.396 e. The van der Waals surface area contributed by atoms with Crippen LogP contribution in [-0.2, 0) is 0 Å². The van der Waals surface area contributed by atoms with Crippen LogP contribution in [0.15, 0.2) is 22.7 Å². The lowest BCUT2D eigenvalue weighted by Crippen LogP contribution is -2.38. The van der Waals surface area contributed by atoms with Crippen LogP contribution in [-0.4, -0.2) is 23.8 Å². The second-order valence-corrected chi connectivity index (χ2v) is 6.52. The summed E-state index contributed by atoms with van der Waals surface area (Å²) in [6, 6.07) is 6.41. The topological polar surface area (TPSA) is 23.5 Å². The molecule has 0 radical (unpaired) electrons. The number of rotatable bonds is 2. The van der Waals surface area contributed by atoms with Gasteiger partial charge in [-0.2, -0.15) is 0 Å². The highest BCUT2D eigenvalue weighted by Gasteiger charge is 2.38. The van der Waals surface area contributed by atoms with Crippen LogP contribution in [0.1, 0.15) is 25.8 Å². The Kier molecular flexibility index (Phi) is 3.50. The number of anilines is 1. The van der Waals surface area contributed by atoms with E-state index in [-0.39, 0.29) is 12.1 Å². The van der Waals surface area contributed by atoms with Crippen LogP contribution in [0.25, 0.3) is 0 Å². The standard InChI is InChI=1S/C14H20BrNO/c1-10-6-12(15)4-5-13(10)16-8-11(9-17)7-14(16,2)3/h4-6,11,17H,7-9H2,1-3H3. The van der Waals surface area contributed by atoms with E-state index in [0.717, 1.165) is 17.4 Å². The molecule has 0 amide bonds. The summed E-state index contributed by atoms with van der Waals surface area (Å²) in [5.41, 5.74) is 2.70. The molecule has 0 bridgehead atoms. The molecular weight excluding hydrogens is 278 g/mol. The number of halogens is 1. The van der Waals surface area contributed by atoms with Crippen molar-refractivity contribution in [2.24, 2.45) is 5.92 Å². The summed E-state index contributed by atoms with van der Waals surface area (Å²) in [6.07, 6.45) is 1.05. The molecule has 3 heteroatoms. The lowest BCUT2D eigenvalue weighted by Gasteiger charge is -2.34. The van der Waals surface area contributed by atoms with E-state index in [1.807, 2.05) is 0 Å². The third-order valence-corrected chi connectivity index (χ3v) is 4.16. The van der Waals surface area contributed by atoms with Crippen LogP contribution in [0.5, 0.6) is 0 Å². The molecule has 1 N–H and O–H groups in total. The zero-order valence-corrected chi connectivity index (χ0v) is 12.3. The number of aliphatic hydroxyl groups is 1. The summed E-state index contributed by atoms with van der Waals surface area (Å²) in [5.74, 6) is 0.396. The molecule has 1 aliphatic rings. The van der Waals surface area contributed by atoms with Crippen molar-refractivity contribution in [3.8, 4) is 0 Å². The van der Waals surface area contributed by atoms with Gasteiger partial charge in [0.1, 0.15) is 0 Å². The van der Waals surface area contributed by atoms with Gasteiger partial charge in [0.2, 0.25) is 0 Å². The molecule has 17 heavy (non-hydrogen) atoms. The SMILES string of the molecule is Cc1cc(Br)ccc1N1CC(CO)CC1(C)C. The summed E-state index contributed by atoms with van der Waals surface area (Å²) in [7, 11) is 0. The number of aryl methyl sites for hydroxylation is 1. The van der Waals surface area contributed by atoms with E-state index >= 15 is 0 Å². The first-order valence-electron chi connectivity index (χ1n) is 6.08. The van der Waals surface area contributed by atoms with Crippen molar-refractivity contribution in [1.82, 2.24) is 0 Å². The number of benzene rings is 1. The van der Waals surface area contributed by atoms with Crippen molar-refractivity contribution >= 4 is 21.6 Å². The molecule has 94 valence electrons. The summed E-state index contributed by atoms with van der Waals surface area (Å²) in [6.45, 7) is 7.89. The van der Waals surface area contributed by atoms with Gasteiger partial charge in [-0.3, -0.25) is 0 Å². The van der Waals surface area contributed by atoms with E-state index in [1.165, 1.54) is 11.3 Å². The van der Waals surface area contributed by atoms with Crippen LogP contribution < -0.4 is 4.90 Å². The van der Waals surface area contributed by atoms with E-state index in [2.05, 4.69) is 59.8 Å². The zero-order valence-electron chi connectivity index (χ0n) is 10.7. The number of hydrogen-bond donors (Lipinski definition) is 1. The van der Waals surface area contributed by atoms with Gasteiger partial charge in [-0.25, -0.2) is 0 Å². The Labute approximate surface area is 112 Å². The molecule has 2 rings (SSSR count). The Morgan fingerprint density at radius 3 is 2.71 bits per heavy atom. The molecule has 2 nitrogen and oxygen atoms in total. The second kappa shape index (κ2) is 4.62. The third-order valence-electron chi connectivity index (χ3n) is 3.67. The van der Waals surface area contributed by atoms with Gasteiger partial charge >= 0.3 is 0 Å². The molecule has 1 saturated heterocycles. The van der Waals surface area contributed by atoms with Crippen LogP contribution in [0.2, 0.25) is 0 Å². The predicted molar refractivity (Wildman–Crippen MR) is 75.5 cm³/mol. The Hall–Kier alpha value is -0.540. The number of nitrogens with zero attached hydrogens (tertiary/aromatic N) is 1. The molecule has 1 unspecified atom stereocenters. The lowest BCUT2D eigenvalue weighted by molar-refractivity contribution is 0.232. The molecule has 0 spiro atoms. The van der Waals surface area contributed by atoms with Crippen molar-refractivity contribution in [3.05, 3.63) is 28.2 Å². The Bertz CT molecular complexity index is 417. The van der Waals surface area contributed by atoms with Crippen molar-refractivity contribution < 1.29 is 5.11 Å². The molecule has 0 aliphatic carbocycles. The normalized spacial score (nSPS) is 23.1. The van der Waals surface area contributed by atoms with E-state index in [4.69, 9.17) is 0 Å². The highest BCUT2D eigenvalue weighted by molar-refractivity contribution is 9.10. The van der Waals surface area contributed by atoms with Crippen LogP contribution in [0.4, 0.5) is 5.69 Å². The molecule has 1 aromatic carbocycles. The first-order chi connectivity index (χ1) is 7.94. The van der Waals surface area contributed by atoms with Crippen molar-refractivity contribution in [3.63, 3.8) is 0 Å². The summed E-state index contributed by atoms with van der Waals surface area (Å²) < 4.78 is 1.12. The highest BCUT2D eigenvalue weighted by atomic mass is 79.9. The Morgan fingerprint density at radius 2 is 2.18 bits per heavy atom. The molecule has 0 aromatic heterocycles. The molecule has 1 atom stereocenters. The molecule has 1 aromatic rings. The molecule has 0 saturated carbocycles. The average molecular weight is 298 g/mol. The zero-order chi connectivity index (χ0) is 12.6. The fourth-order valence-electron chi connectivity index (χ4n) is 2.85. The smallest absolute Gasteiger partial charge is 0.0477 e. The lowest BCUT2D eigenvalue weighted by atomic mass is 9.96.